The van der Waals surface area contributed by atoms with E-state index in [0.29, 0.717) is 6.04 Å². The summed E-state index contributed by atoms with van der Waals surface area (Å²) in [6.45, 7) is 2.49. The second-order valence-corrected chi connectivity index (χ2v) is 2.64. The number of ether oxygens (including phenoxy) is 1. The van der Waals surface area contributed by atoms with Crippen molar-refractivity contribution in [3.63, 3.8) is 0 Å². The molecule has 0 aliphatic carbocycles. The molecule has 2 heterocycles. The van der Waals surface area contributed by atoms with Crippen molar-refractivity contribution in [3.8, 4) is 0 Å². The molecule has 1 atom stereocenters. The Morgan fingerprint density at radius 3 is 3.18 bits per heavy atom. The number of furan rings is 1. The molecule has 1 N–H and O–H groups in total. The van der Waals surface area contributed by atoms with E-state index in [9.17, 15) is 0 Å². The number of hydrogen-bond donors (Lipinski definition) is 1. The molecule has 0 saturated carbocycles. The summed E-state index contributed by atoms with van der Waals surface area (Å²) in [5.41, 5.74) is 1.17. The third-order valence-electron chi connectivity index (χ3n) is 1.87. The minimum atomic E-state index is 0.322. The van der Waals surface area contributed by atoms with E-state index in [2.05, 4.69) is 5.32 Å². The fourth-order valence-corrected chi connectivity index (χ4v) is 1.25. The summed E-state index contributed by atoms with van der Waals surface area (Å²) in [5.74, 6) is 0. The topological polar surface area (TPSA) is 34.4 Å². The Labute approximate surface area is 65.3 Å². The van der Waals surface area contributed by atoms with Gasteiger partial charge in [0.15, 0.2) is 0 Å². The molecule has 0 spiro atoms. The summed E-state index contributed by atoms with van der Waals surface area (Å²) in [5, 5.41) is 3.34. The van der Waals surface area contributed by atoms with Gasteiger partial charge in [0.1, 0.15) is 0 Å². The largest absolute Gasteiger partial charge is 0.472 e. The Morgan fingerprint density at radius 2 is 2.55 bits per heavy atom. The van der Waals surface area contributed by atoms with E-state index in [1.54, 1.807) is 12.5 Å². The number of hydrogen-bond acceptors (Lipinski definition) is 3. The van der Waals surface area contributed by atoms with Gasteiger partial charge in [0, 0.05) is 12.1 Å². The highest BCUT2D eigenvalue weighted by molar-refractivity contribution is 5.11. The average Bonchev–Trinajstić information content (AvgIpc) is 2.58. The van der Waals surface area contributed by atoms with Crippen LogP contribution in [0.15, 0.2) is 23.0 Å². The smallest absolute Gasteiger partial charge is 0.0951 e. The molecule has 0 bridgehead atoms. The van der Waals surface area contributed by atoms with E-state index >= 15 is 0 Å². The molecule has 0 amide bonds. The second kappa shape index (κ2) is 3.07. The van der Waals surface area contributed by atoms with Gasteiger partial charge in [-0.3, -0.25) is 0 Å². The van der Waals surface area contributed by atoms with E-state index in [1.165, 1.54) is 5.56 Å². The van der Waals surface area contributed by atoms with Crippen LogP contribution in [-0.4, -0.2) is 19.8 Å². The van der Waals surface area contributed by atoms with Crippen LogP contribution in [0.3, 0.4) is 0 Å². The fraction of sp³-hybridized carbons (Fsp3) is 0.500. The SMILES string of the molecule is c1cc([C@@H]2COCCN2)co1. The highest BCUT2D eigenvalue weighted by atomic mass is 16.5. The van der Waals surface area contributed by atoms with Crippen LogP contribution in [0.5, 0.6) is 0 Å². The van der Waals surface area contributed by atoms with Crippen molar-refractivity contribution in [1.29, 1.82) is 0 Å². The molecule has 1 aromatic heterocycles. The molecule has 3 nitrogen and oxygen atoms in total. The molecular weight excluding hydrogens is 142 g/mol. The first kappa shape index (κ1) is 6.88. The second-order valence-electron chi connectivity index (χ2n) is 2.64. The number of morpholine rings is 1. The van der Waals surface area contributed by atoms with Gasteiger partial charge in [0.2, 0.25) is 0 Å². The van der Waals surface area contributed by atoms with Gasteiger partial charge in [-0.25, -0.2) is 0 Å². The van der Waals surface area contributed by atoms with Gasteiger partial charge in [-0.15, -0.1) is 0 Å². The van der Waals surface area contributed by atoms with Crippen LogP contribution in [0, 0.1) is 0 Å². The molecule has 1 aromatic rings. The molecule has 11 heavy (non-hydrogen) atoms. The summed E-state index contributed by atoms with van der Waals surface area (Å²) in [4.78, 5) is 0. The predicted molar refractivity (Wildman–Crippen MR) is 40.3 cm³/mol. The minimum Gasteiger partial charge on any atom is -0.472 e. The van der Waals surface area contributed by atoms with Crippen molar-refractivity contribution in [2.75, 3.05) is 19.8 Å². The van der Waals surface area contributed by atoms with Gasteiger partial charge in [0.25, 0.3) is 0 Å². The minimum absolute atomic E-state index is 0.322. The Morgan fingerprint density at radius 1 is 1.55 bits per heavy atom. The van der Waals surface area contributed by atoms with Crippen LogP contribution < -0.4 is 5.32 Å². The van der Waals surface area contributed by atoms with Crippen molar-refractivity contribution < 1.29 is 9.15 Å². The van der Waals surface area contributed by atoms with Crippen molar-refractivity contribution in [3.05, 3.63) is 24.2 Å². The molecule has 1 aliphatic rings. The molecule has 0 aromatic carbocycles. The zero-order valence-electron chi connectivity index (χ0n) is 6.25. The van der Waals surface area contributed by atoms with E-state index in [-0.39, 0.29) is 0 Å². The summed E-state index contributed by atoms with van der Waals surface area (Å²) >= 11 is 0. The molecule has 1 aliphatic heterocycles. The predicted octanol–water partition coefficient (Wildman–Crippen LogP) is 0.941. The monoisotopic (exact) mass is 153 g/mol. The van der Waals surface area contributed by atoms with Crippen LogP contribution >= 0.6 is 0 Å². The quantitative estimate of drug-likeness (QED) is 0.652. The lowest BCUT2D eigenvalue weighted by Crippen LogP contribution is -2.34. The van der Waals surface area contributed by atoms with Crippen LogP contribution in [0.1, 0.15) is 11.6 Å². The third kappa shape index (κ3) is 1.44. The van der Waals surface area contributed by atoms with E-state index in [1.807, 2.05) is 6.07 Å². The van der Waals surface area contributed by atoms with Gasteiger partial charge in [-0.05, 0) is 6.07 Å². The summed E-state index contributed by atoms with van der Waals surface area (Å²) in [7, 11) is 0. The maximum atomic E-state index is 5.30. The lowest BCUT2D eigenvalue weighted by Gasteiger charge is -2.22. The average molecular weight is 153 g/mol. The van der Waals surface area contributed by atoms with Crippen LogP contribution in [0.2, 0.25) is 0 Å². The van der Waals surface area contributed by atoms with Crippen molar-refractivity contribution in [2.24, 2.45) is 0 Å². The number of rotatable bonds is 1. The first-order valence-electron chi connectivity index (χ1n) is 3.80. The van der Waals surface area contributed by atoms with Gasteiger partial charge in [0.05, 0.1) is 31.8 Å². The molecule has 3 heteroatoms. The van der Waals surface area contributed by atoms with E-state index in [0.717, 1.165) is 19.8 Å². The Hall–Kier alpha value is -0.800. The Bertz CT molecular complexity index is 202. The lowest BCUT2D eigenvalue weighted by molar-refractivity contribution is 0.0767. The highest BCUT2D eigenvalue weighted by Crippen LogP contribution is 2.15. The zero-order chi connectivity index (χ0) is 7.52. The van der Waals surface area contributed by atoms with Crippen molar-refractivity contribution >= 4 is 0 Å². The van der Waals surface area contributed by atoms with E-state index < -0.39 is 0 Å². The molecule has 2 rings (SSSR count). The first-order valence-corrected chi connectivity index (χ1v) is 3.80. The van der Waals surface area contributed by atoms with Gasteiger partial charge < -0.3 is 14.5 Å². The first-order chi connectivity index (χ1) is 5.47. The molecule has 0 unspecified atom stereocenters. The standard InChI is InChI=1S/C8H11NO2/c1-3-10-5-7(1)8-6-11-4-2-9-8/h1,3,5,8-9H,2,4,6H2/t8-/m0/s1. The normalized spacial score (nSPS) is 25.3. The molecule has 1 saturated heterocycles. The van der Waals surface area contributed by atoms with Gasteiger partial charge in [-0.1, -0.05) is 0 Å². The van der Waals surface area contributed by atoms with Gasteiger partial charge >= 0.3 is 0 Å². The Balaban J connectivity index is 2.04. The molecule has 1 fully saturated rings. The fourth-order valence-electron chi connectivity index (χ4n) is 1.25. The zero-order valence-corrected chi connectivity index (χ0v) is 6.25. The third-order valence-corrected chi connectivity index (χ3v) is 1.87. The molecule has 60 valence electrons. The van der Waals surface area contributed by atoms with Crippen LogP contribution in [0.4, 0.5) is 0 Å². The maximum absolute atomic E-state index is 5.30. The van der Waals surface area contributed by atoms with E-state index in [4.69, 9.17) is 9.15 Å². The van der Waals surface area contributed by atoms with Crippen LogP contribution in [-0.2, 0) is 4.74 Å². The van der Waals surface area contributed by atoms with Crippen molar-refractivity contribution in [1.82, 2.24) is 5.32 Å². The summed E-state index contributed by atoms with van der Waals surface area (Å²) < 4.78 is 10.3. The summed E-state index contributed by atoms with van der Waals surface area (Å²) in [6.07, 6.45) is 3.44. The van der Waals surface area contributed by atoms with Gasteiger partial charge in [-0.2, -0.15) is 0 Å². The van der Waals surface area contributed by atoms with Crippen molar-refractivity contribution in [2.45, 2.75) is 6.04 Å². The maximum Gasteiger partial charge on any atom is 0.0951 e. The number of nitrogens with one attached hydrogen (secondary N) is 1. The lowest BCUT2D eigenvalue weighted by atomic mass is 10.1. The summed E-state index contributed by atoms with van der Waals surface area (Å²) in [6, 6.07) is 2.29. The highest BCUT2D eigenvalue weighted by Gasteiger charge is 2.15. The Kier molecular flexibility index (Phi) is 1.92. The van der Waals surface area contributed by atoms with Crippen LogP contribution in [0.25, 0.3) is 0 Å². The molecule has 0 radical (unpaired) electrons. The molecular formula is C8H11NO2.